The highest BCUT2D eigenvalue weighted by Crippen LogP contribution is 2.10. The highest BCUT2D eigenvalue weighted by atomic mass is 32.1. The molecule has 2 heterocycles. The second-order valence-electron chi connectivity index (χ2n) is 4.96. The van der Waals surface area contributed by atoms with E-state index in [1.54, 1.807) is 11.8 Å². The van der Waals surface area contributed by atoms with E-state index in [2.05, 4.69) is 15.5 Å². The van der Waals surface area contributed by atoms with Gasteiger partial charge in [-0.05, 0) is 13.8 Å². The average Bonchev–Trinajstić information content (AvgIpc) is 2.91. The van der Waals surface area contributed by atoms with Gasteiger partial charge in [0.05, 0.1) is 13.0 Å². The minimum atomic E-state index is -0.287. The first-order valence-electron chi connectivity index (χ1n) is 7.25. The van der Waals surface area contributed by atoms with Gasteiger partial charge in [0.25, 0.3) is 0 Å². The quantitative estimate of drug-likeness (QED) is 0.855. The maximum atomic E-state index is 11.8. The Balaban J connectivity index is 1.75. The van der Waals surface area contributed by atoms with Gasteiger partial charge in [0.1, 0.15) is 5.01 Å². The zero-order valence-corrected chi connectivity index (χ0v) is 13.6. The van der Waals surface area contributed by atoms with Crippen LogP contribution in [0.4, 0.5) is 4.79 Å². The van der Waals surface area contributed by atoms with Crippen LogP contribution in [0.15, 0.2) is 10.5 Å². The molecule has 0 aromatic carbocycles. The molecule has 1 aliphatic heterocycles. The maximum absolute atomic E-state index is 11.8. The number of aryl methyl sites for hydroxylation is 1. The number of hydrogen-bond donors (Lipinski definition) is 1. The Morgan fingerprint density at radius 2 is 2.18 bits per heavy atom. The molecular formula is C14H20N4O3S. The summed E-state index contributed by atoms with van der Waals surface area (Å²) in [4.78, 5) is 29.2. The molecule has 1 aliphatic rings. The number of aromatic nitrogens is 1. The van der Waals surface area contributed by atoms with Gasteiger partial charge in [-0.3, -0.25) is 4.79 Å². The van der Waals surface area contributed by atoms with Crippen molar-refractivity contribution in [3.05, 3.63) is 16.1 Å². The third-order valence-corrected chi connectivity index (χ3v) is 4.15. The molecular weight excluding hydrogens is 304 g/mol. The smallest absolute Gasteiger partial charge is 0.409 e. The molecule has 1 aromatic rings. The van der Waals surface area contributed by atoms with E-state index in [4.69, 9.17) is 4.74 Å². The molecule has 0 spiro atoms. The van der Waals surface area contributed by atoms with E-state index in [9.17, 15) is 9.59 Å². The van der Waals surface area contributed by atoms with Gasteiger partial charge >= 0.3 is 6.09 Å². The number of hydrogen-bond acceptors (Lipinski definition) is 6. The molecule has 120 valence electrons. The van der Waals surface area contributed by atoms with Crippen LogP contribution in [-0.4, -0.2) is 47.3 Å². The molecule has 0 aliphatic carbocycles. The summed E-state index contributed by atoms with van der Waals surface area (Å²) < 4.78 is 4.95. The van der Waals surface area contributed by atoms with Crippen molar-refractivity contribution < 1.29 is 14.3 Å². The Hall–Kier alpha value is -1.96. The Morgan fingerprint density at radius 1 is 1.45 bits per heavy atom. The summed E-state index contributed by atoms with van der Waals surface area (Å²) in [5.74, 6) is -0.172. The van der Waals surface area contributed by atoms with Crippen LogP contribution in [-0.2, 0) is 16.0 Å². The second kappa shape index (κ2) is 7.88. The molecule has 2 amide bonds. The predicted molar refractivity (Wildman–Crippen MR) is 84.0 cm³/mol. The lowest BCUT2D eigenvalue weighted by atomic mass is 10.1. The van der Waals surface area contributed by atoms with Gasteiger partial charge in [0.2, 0.25) is 5.91 Å². The van der Waals surface area contributed by atoms with Crippen LogP contribution in [0.3, 0.4) is 0 Å². The van der Waals surface area contributed by atoms with E-state index in [-0.39, 0.29) is 18.4 Å². The lowest BCUT2D eigenvalue weighted by Crippen LogP contribution is -2.39. The van der Waals surface area contributed by atoms with Gasteiger partial charge < -0.3 is 9.64 Å². The van der Waals surface area contributed by atoms with Crippen molar-refractivity contribution in [2.75, 3.05) is 19.7 Å². The van der Waals surface area contributed by atoms with Crippen LogP contribution in [0.2, 0.25) is 0 Å². The Bertz CT molecular complexity index is 560. The minimum absolute atomic E-state index is 0.172. The molecule has 8 heteroatoms. The zero-order chi connectivity index (χ0) is 15.9. The molecule has 1 fully saturated rings. The van der Waals surface area contributed by atoms with E-state index in [0.29, 0.717) is 32.5 Å². The second-order valence-corrected chi connectivity index (χ2v) is 5.90. The van der Waals surface area contributed by atoms with Gasteiger partial charge in [0, 0.05) is 42.7 Å². The Kier molecular flexibility index (Phi) is 5.88. The number of amides is 2. The molecule has 1 saturated heterocycles. The van der Waals surface area contributed by atoms with E-state index in [1.165, 1.54) is 11.3 Å². The van der Waals surface area contributed by atoms with Crippen LogP contribution >= 0.6 is 11.3 Å². The molecule has 0 unspecified atom stereocenters. The van der Waals surface area contributed by atoms with Gasteiger partial charge in [0.15, 0.2) is 0 Å². The highest BCUT2D eigenvalue weighted by Gasteiger charge is 2.20. The molecule has 2 rings (SSSR count). The maximum Gasteiger partial charge on any atom is 0.409 e. The first-order chi connectivity index (χ1) is 10.6. The fourth-order valence-corrected chi connectivity index (χ4v) is 2.85. The van der Waals surface area contributed by atoms with Gasteiger partial charge in [-0.25, -0.2) is 15.2 Å². The normalized spacial score (nSPS) is 14.6. The number of ether oxygens (including phenoxy) is 1. The molecule has 0 radical (unpaired) electrons. The van der Waals surface area contributed by atoms with Crippen molar-refractivity contribution in [3.63, 3.8) is 0 Å². The summed E-state index contributed by atoms with van der Waals surface area (Å²) in [5.41, 5.74) is 4.37. The minimum Gasteiger partial charge on any atom is -0.450 e. The Morgan fingerprint density at radius 3 is 2.77 bits per heavy atom. The first-order valence-corrected chi connectivity index (χ1v) is 8.13. The van der Waals surface area contributed by atoms with Crippen LogP contribution in [0.5, 0.6) is 0 Å². The molecule has 7 nitrogen and oxygen atoms in total. The number of piperidine rings is 1. The fraction of sp³-hybridized carbons (Fsp3) is 0.571. The molecule has 1 N–H and O–H groups in total. The van der Waals surface area contributed by atoms with E-state index < -0.39 is 0 Å². The average molecular weight is 324 g/mol. The number of carbonyl (C=O) groups is 2. The first kappa shape index (κ1) is 16.4. The van der Waals surface area contributed by atoms with E-state index in [0.717, 1.165) is 16.4 Å². The van der Waals surface area contributed by atoms with Crippen molar-refractivity contribution in [1.82, 2.24) is 15.3 Å². The van der Waals surface area contributed by atoms with Gasteiger partial charge in [-0.15, -0.1) is 11.3 Å². The number of thiazole rings is 1. The molecule has 0 atom stereocenters. The number of nitrogens with zero attached hydrogens (tertiary/aromatic N) is 3. The molecule has 0 saturated carbocycles. The third kappa shape index (κ3) is 4.80. The summed E-state index contributed by atoms with van der Waals surface area (Å²) in [7, 11) is 0. The van der Waals surface area contributed by atoms with Gasteiger partial charge in [-0.1, -0.05) is 0 Å². The van der Waals surface area contributed by atoms with Crippen molar-refractivity contribution in [2.45, 2.75) is 33.1 Å². The molecule has 22 heavy (non-hydrogen) atoms. The monoisotopic (exact) mass is 324 g/mol. The number of carbonyl (C=O) groups excluding carboxylic acids is 2. The van der Waals surface area contributed by atoms with Crippen LogP contribution < -0.4 is 5.43 Å². The summed E-state index contributed by atoms with van der Waals surface area (Å²) >= 11 is 1.47. The summed E-state index contributed by atoms with van der Waals surface area (Å²) in [6.07, 6.45) is 1.25. The SMILES string of the molecule is CCOC(=O)N1CCC(=NNC(=O)Cc2nc(C)cs2)CC1. The van der Waals surface area contributed by atoms with Crippen molar-refractivity contribution in [3.8, 4) is 0 Å². The van der Waals surface area contributed by atoms with Crippen molar-refractivity contribution in [1.29, 1.82) is 0 Å². The van der Waals surface area contributed by atoms with Crippen molar-refractivity contribution >= 4 is 29.0 Å². The lowest BCUT2D eigenvalue weighted by Gasteiger charge is -2.26. The van der Waals surface area contributed by atoms with Crippen LogP contribution in [0.25, 0.3) is 0 Å². The number of nitrogens with one attached hydrogen (secondary N) is 1. The highest BCUT2D eigenvalue weighted by molar-refractivity contribution is 7.09. The summed E-state index contributed by atoms with van der Waals surface area (Å²) in [5, 5.41) is 6.84. The standard InChI is InChI=1S/C14H20N4O3S/c1-3-21-14(20)18-6-4-11(5-7-18)16-17-12(19)8-13-15-10(2)9-22-13/h9H,3-8H2,1-2H3,(H,17,19). The van der Waals surface area contributed by atoms with Gasteiger partial charge in [-0.2, -0.15) is 5.10 Å². The molecule has 1 aromatic heterocycles. The summed E-state index contributed by atoms with van der Waals surface area (Å²) in [6.45, 7) is 5.20. The topological polar surface area (TPSA) is 83.9 Å². The fourth-order valence-electron chi connectivity index (χ4n) is 2.08. The number of hydrazone groups is 1. The number of likely N-dealkylation sites (tertiary alicyclic amines) is 1. The third-order valence-electron chi connectivity index (χ3n) is 3.18. The van der Waals surface area contributed by atoms with Crippen LogP contribution in [0.1, 0.15) is 30.5 Å². The van der Waals surface area contributed by atoms with Crippen molar-refractivity contribution in [2.24, 2.45) is 5.10 Å². The Labute approximate surface area is 133 Å². The molecule has 0 bridgehead atoms. The number of rotatable bonds is 4. The van der Waals surface area contributed by atoms with Crippen LogP contribution in [0, 0.1) is 6.92 Å². The van der Waals surface area contributed by atoms with E-state index in [1.807, 2.05) is 12.3 Å². The zero-order valence-electron chi connectivity index (χ0n) is 12.8. The van der Waals surface area contributed by atoms with E-state index >= 15 is 0 Å². The lowest BCUT2D eigenvalue weighted by molar-refractivity contribution is -0.120. The predicted octanol–water partition coefficient (Wildman–Crippen LogP) is 1.72. The largest absolute Gasteiger partial charge is 0.450 e. The summed E-state index contributed by atoms with van der Waals surface area (Å²) in [6, 6.07) is 0.